The van der Waals surface area contributed by atoms with Crippen molar-refractivity contribution in [2.75, 3.05) is 5.73 Å². The molecule has 0 saturated heterocycles. The molecule has 0 bridgehead atoms. The first kappa shape index (κ1) is 11.2. The van der Waals surface area contributed by atoms with Crippen LogP contribution in [0.2, 0.25) is 0 Å². The smallest absolute Gasteiger partial charge is 0.130 e. The third-order valence-corrected chi connectivity index (χ3v) is 3.81. The summed E-state index contributed by atoms with van der Waals surface area (Å²) < 4.78 is 0. The lowest BCUT2D eigenvalue weighted by Crippen LogP contribution is -2.04. The number of benzene rings is 1. The van der Waals surface area contributed by atoms with Crippen molar-refractivity contribution in [3.05, 3.63) is 53.0 Å². The van der Waals surface area contributed by atoms with Gasteiger partial charge in [-0.2, -0.15) is 0 Å². The van der Waals surface area contributed by atoms with Gasteiger partial charge < -0.3 is 5.73 Å². The molecule has 0 aliphatic heterocycles. The number of aromatic nitrogens is 2. The number of rotatable bonds is 2. The average Bonchev–Trinajstić information content (AvgIpc) is 2.84. The Morgan fingerprint density at radius 2 is 2.00 bits per heavy atom. The van der Waals surface area contributed by atoms with E-state index in [1.54, 1.807) is 6.33 Å². The quantitative estimate of drug-likeness (QED) is 0.876. The van der Waals surface area contributed by atoms with Crippen LogP contribution < -0.4 is 5.73 Å². The molecule has 1 atom stereocenters. The Balaban J connectivity index is 2.00. The summed E-state index contributed by atoms with van der Waals surface area (Å²) in [5, 5.41) is 0. The van der Waals surface area contributed by atoms with Crippen LogP contribution in [-0.2, 0) is 12.8 Å². The van der Waals surface area contributed by atoms with E-state index in [1.807, 2.05) is 0 Å². The van der Waals surface area contributed by atoms with Gasteiger partial charge in [-0.15, -0.1) is 0 Å². The number of hydrogen-bond acceptors (Lipinski definition) is 3. The number of nitrogens with zero attached hydrogens (tertiary/aromatic N) is 2. The number of fused-ring (bicyclic) bond motifs is 1. The first-order valence-corrected chi connectivity index (χ1v) is 6.47. The standard InChI is InChI=1S/C15H17N3/c1-2-10-3-5-11(6-4-10)12-7-8-13-14(12)15(16)18-9-17-13/h3-6,9,12H,2,7-8H2,1H3,(H2,16,17,18). The molecule has 1 aliphatic rings. The third kappa shape index (κ3) is 1.76. The molecule has 1 aliphatic carbocycles. The maximum Gasteiger partial charge on any atom is 0.130 e. The molecule has 3 heteroatoms. The second kappa shape index (κ2) is 4.41. The van der Waals surface area contributed by atoms with E-state index in [1.165, 1.54) is 11.1 Å². The Hall–Kier alpha value is -1.90. The Kier molecular flexibility index (Phi) is 2.74. The largest absolute Gasteiger partial charge is 0.383 e. The van der Waals surface area contributed by atoms with Crippen LogP contribution in [0.5, 0.6) is 0 Å². The van der Waals surface area contributed by atoms with E-state index in [2.05, 4.69) is 41.2 Å². The number of nitrogens with two attached hydrogens (primary N) is 1. The molecule has 1 unspecified atom stereocenters. The van der Waals surface area contributed by atoms with Crippen molar-refractivity contribution < 1.29 is 0 Å². The summed E-state index contributed by atoms with van der Waals surface area (Å²) >= 11 is 0. The average molecular weight is 239 g/mol. The molecule has 0 amide bonds. The Bertz CT molecular complexity index is 560. The lowest BCUT2D eigenvalue weighted by molar-refractivity contribution is 0.785. The van der Waals surface area contributed by atoms with Crippen molar-refractivity contribution in [2.24, 2.45) is 0 Å². The second-order valence-electron chi connectivity index (χ2n) is 4.81. The summed E-state index contributed by atoms with van der Waals surface area (Å²) in [5.41, 5.74) is 11.0. The number of nitrogen functional groups attached to an aromatic ring is 1. The minimum absolute atomic E-state index is 0.368. The van der Waals surface area contributed by atoms with Gasteiger partial charge in [-0.25, -0.2) is 9.97 Å². The normalized spacial score (nSPS) is 17.7. The first-order chi connectivity index (χ1) is 8.79. The van der Waals surface area contributed by atoms with Crippen molar-refractivity contribution in [2.45, 2.75) is 32.1 Å². The molecule has 1 heterocycles. The van der Waals surface area contributed by atoms with Crippen LogP contribution >= 0.6 is 0 Å². The van der Waals surface area contributed by atoms with Gasteiger partial charge in [0.1, 0.15) is 12.1 Å². The topological polar surface area (TPSA) is 51.8 Å². The van der Waals surface area contributed by atoms with Crippen LogP contribution in [0.25, 0.3) is 0 Å². The molecule has 92 valence electrons. The fourth-order valence-electron chi connectivity index (χ4n) is 2.77. The number of anilines is 1. The summed E-state index contributed by atoms with van der Waals surface area (Å²) in [6.07, 6.45) is 4.73. The highest BCUT2D eigenvalue weighted by Gasteiger charge is 2.27. The van der Waals surface area contributed by atoms with Gasteiger partial charge in [-0.3, -0.25) is 0 Å². The van der Waals surface area contributed by atoms with E-state index >= 15 is 0 Å². The Morgan fingerprint density at radius 3 is 2.72 bits per heavy atom. The number of hydrogen-bond donors (Lipinski definition) is 1. The van der Waals surface area contributed by atoms with Crippen LogP contribution in [0.1, 0.15) is 41.6 Å². The van der Waals surface area contributed by atoms with Crippen molar-refractivity contribution in [1.29, 1.82) is 0 Å². The number of aryl methyl sites for hydroxylation is 2. The summed E-state index contributed by atoms with van der Waals surface area (Å²) in [5.74, 6) is 1.01. The molecule has 0 radical (unpaired) electrons. The van der Waals surface area contributed by atoms with Crippen molar-refractivity contribution in [3.63, 3.8) is 0 Å². The molecule has 3 rings (SSSR count). The molecule has 2 N–H and O–H groups in total. The van der Waals surface area contributed by atoms with E-state index in [0.717, 1.165) is 30.5 Å². The fourth-order valence-corrected chi connectivity index (χ4v) is 2.77. The Labute approximate surface area is 107 Å². The fraction of sp³-hybridized carbons (Fsp3) is 0.333. The first-order valence-electron chi connectivity index (χ1n) is 6.47. The molecule has 0 fully saturated rings. The molecule has 1 aromatic carbocycles. The Morgan fingerprint density at radius 1 is 1.22 bits per heavy atom. The highest BCUT2D eigenvalue weighted by atomic mass is 14.9. The maximum atomic E-state index is 6.00. The van der Waals surface area contributed by atoms with Crippen LogP contribution in [0.15, 0.2) is 30.6 Å². The molecular weight excluding hydrogens is 222 g/mol. The molecule has 2 aromatic rings. The van der Waals surface area contributed by atoms with Gasteiger partial charge >= 0.3 is 0 Å². The van der Waals surface area contributed by atoms with Crippen LogP contribution in [-0.4, -0.2) is 9.97 Å². The van der Waals surface area contributed by atoms with Gasteiger partial charge in [0, 0.05) is 17.2 Å². The van der Waals surface area contributed by atoms with E-state index in [-0.39, 0.29) is 0 Å². The molecule has 0 saturated carbocycles. The van der Waals surface area contributed by atoms with Crippen molar-refractivity contribution >= 4 is 5.82 Å². The van der Waals surface area contributed by atoms with Gasteiger partial charge in [0.15, 0.2) is 0 Å². The zero-order valence-corrected chi connectivity index (χ0v) is 10.6. The van der Waals surface area contributed by atoms with Gasteiger partial charge in [-0.1, -0.05) is 31.2 Å². The predicted molar refractivity (Wildman–Crippen MR) is 72.4 cm³/mol. The second-order valence-corrected chi connectivity index (χ2v) is 4.81. The molecule has 18 heavy (non-hydrogen) atoms. The summed E-state index contributed by atoms with van der Waals surface area (Å²) in [6.45, 7) is 2.17. The minimum Gasteiger partial charge on any atom is -0.383 e. The third-order valence-electron chi connectivity index (χ3n) is 3.81. The minimum atomic E-state index is 0.368. The summed E-state index contributed by atoms with van der Waals surface area (Å²) in [4.78, 5) is 8.47. The van der Waals surface area contributed by atoms with Gasteiger partial charge in [-0.05, 0) is 30.4 Å². The van der Waals surface area contributed by atoms with E-state index in [0.29, 0.717) is 11.7 Å². The van der Waals surface area contributed by atoms with Crippen molar-refractivity contribution in [3.8, 4) is 0 Å². The van der Waals surface area contributed by atoms with Crippen molar-refractivity contribution in [1.82, 2.24) is 9.97 Å². The van der Waals surface area contributed by atoms with Gasteiger partial charge in [0.05, 0.1) is 0 Å². The van der Waals surface area contributed by atoms with Gasteiger partial charge in [0.2, 0.25) is 0 Å². The van der Waals surface area contributed by atoms with Crippen LogP contribution in [0, 0.1) is 0 Å². The summed E-state index contributed by atoms with van der Waals surface area (Å²) in [6, 6.07) is 8.83. The monoisotopic (exact) mass is 239 g/mol. The SMILES string of the molecule is CCc1ccc(C2CCc3ncnc(N)c32)cc1. The highest BCUT2D eigenvalue weighted by Crippen LogP contribution is 2.39. The molecule has 1 aromatic heterocycles. The molecular formula is C15H17N3. The van der Waals surface area contributed by atoms with E-state index in [4.69, 9.17) is 5.73 Å². The van der Waals surface area contributed by atoms with E-state index in [9.17, 15) is 0 Å². The zero-order valence-electron chi connectivity index (χ0n) is 10.6. The lowest BCUT2D eigenvalue weighted by Gasteiger charge is -2.13. The maximum absolute atomic E-state index is 6.00. The summed E-state index contributed by atoms with van der Waals surface area (Å²) in [7, 11) is 0. The highest BCUT2D eigenvalue weighted by molar-refractivity contribution is 5.51. The van der Waals surface area contributed by atoms with Crippen LogP contribution in [0.3, 0.4) is 0 Å². The van der Waals surface area contributed by atoms with Crippen LogP contribution in [0.4, 0.5) is 5.82 Å². The predicted octanol–water partition coefficient (Wildman–Crippen LogP) is 2.70. The molecule has 0 spiro atoms. The molecule has 3 nitrogen and oxygen atoms in total. The van der Waals surface area contributed by atoms with Gasteiger partial charge in [0.25, 0.3) is 0 Å². The lowest BCUT2D eigenvalue weighted by atomic mass is 9.93. The zero-order chi connectivity index (χ0) is 12.5. The van der Waals surface area contributed by atoms with E-state index < -0.39 is 0 Å².